The maximum atomic E-state index is 12.2. The zero-order chi connectivity index (χ0) is 15.0. The number of hydrogen-bond donors (Lipinski definition) is 0. The highest BCUT2D eigenvalue weighted by Crippen LogP contribution is 2.15. The number of hydrogen-bond acceptors (Lipinski definition) is 4. The Morgan fingerprint density at radius 2 is 2.10 bits per heavy atom. The summed E-state index contributed by atoms with van der Waals surface area (Å²) in [4.78, 5) is 28.5. The second kappa shape index (κ2) is 5.05. The van der Waals surface area contributed by atoms with Crippen LogP contribution in [0.15, 0.2) is 35.1 Å². The molecule has 6 heteroatoms. The van der Waals surface area contributed by atoms with Gasteiger partial charge in [-0.1, -0.05) is 12.1 Å². The maximum Gasteiger partial charge on any atom is 0.326 e. The monoisotopic (exact) mass is 285 g/mol. The molecule has 6 nitrogen and oxygen atoms in total. The van der Waals surface area contributed by atoms with Crippen LogP contribution in [0, 0.1) is 6.92 Å². The number of nitrogens with zero attached hydrogens (tertiary/aromatic N) is 3. The first-order valence-electron chi connectivity index (χ1n) is 6.75. The number of carbonyl (C=O) groups is 1. The summed E-state index contributed by atoms with van der Waals surface area (Å²) in [6, 6.07) is 8.89. The van der Waals surface area contributed by atoms with Gasteiger partial charge in [-0.15, -0.1) is 0 Å². The fraction of sp³-hybridized carbons (Fsp3) is 0.267. The molecule has 0 saturated carbocycles. The van der Waals surface area contributed by atoms with E-state index in [1.54, 1.807) is 18.4 Å². The van der Waals surface area contributed by atoms with Gasteiger partial charge in [-0.3, -0.25) is 9.59 Å². The molecule has 2 aromatic heterocycles. The number of benzene rings is 1. The molecule has 108 valence electrons. The van der Waals surface area contributed by atoms with Crippen molar-refractivity contribution in [1.29, 1.82) is 0 Å². The Bertz CT molecular complexity index is 892. The third-order valence-corrected chi connectivity index (χ3v) is 3.36. The second-order valence-electron chi connectivity index (χ2n) is 4.75. The molecule has 21 heavy (non-hydrogen) atoms. The van der Waals surface area contributed by atoms with E-state index in [9.17, 15) is 9.59 Å². The zero-order valence-electron chi connectivity index (χ0n) is 11.9. The number of para-hydroxylation sites is 2. The van der Waals surface area contributed by atoms with Gasteiger partial charge >= 0.3 is 5.97 Å². The molecule has 0 saturated heterocycles. The van der Waals surface area contributed by atoms with Crippen molar-refractivity contribution in [3.63, 3.8) is 0 Å². The van der Waals surface area contributed by atoms with Crippen LogP contribution in [0.5, 0.6) is 0 Å². The smallest absolute Gasteiger partial charge is 0.326 e. The van der Waals surface area contributed by atoms with E-state index in [-0.39, 0.29) is 18.1 Å². The number of esters is 1. The molecule has 0 aliphatic rings. The van der Waals surface area contributed by atoms with Crippen molar-refractivity contribution in [2.45, 2.75) is 20.4 Å². The number of rotatable bonds is 3. The number of ether oxygens (including phenoxy) is 1. The normalized spacial score (nSPS) is 11.1. The summed E-state index contributed by atoms with van der Waals surface area (Å²) in [6.07, 6.45) is 0. The first kappa shape index (κ1) is 13.4. The summed E-state index contributed by atoms with van der Waals surface area (Å²) < 4.78 is 8.19. The molecular formula is C15H15N3O3. The molecule has 0 N–H and O–H groups in total. The average Bonchev–Trinajstić information content (AvgIpc) is 2.83. The fourth-order valence-electron chi connectivity index (χ4n) is 2.42. The van der Waals surface area contributed by atoms with E-state index in [1.807, 2.05) is 24.3 Å². The predicted molar refractivity (Wildman–Crippen MR) is 78.3 cm³/mol. The van der Waals surface area contributed by atoms with Crippen molar-refractivity contribution in [3.05, 3.63) is 46.4 Å². The predicted octanol–water partition coefficient (Wildman–Crippen LogP) is 1.52. The quantitative estimate of drug-likeness (QED) is 0.684. The van der Waals surface area contributed by atoms with E-state index in [0.717, 1.165) is 11.0 Å². The largest absolute Gasteiger partial charge is 0.465 e. The van der Waals surface area contributed by atoms with Gasteiger partial charge in [-0.25, -0.2) is 9.38 Å². The zero-order valence-corrected chi connectivity index (χ0v) is 11.9. The van der Waals surface area contributed by atoms with E-state index in [1.165, 1.54) is 10.5 Å². The average molecular weight is 285 g/mol. The lowest BCUT2D eigenvalue weighted by molar-refractivity contribution is -0.143. The lowest BCUT2D eigenvalue weighted by atomic mass is 10.3. The standard InChI is InChI=1S/C15H15N3O3/c1-3-21-14(20)9-17-10(2)8-13(19)18-12-7-5-4-6-11(12)16-15(17)18/h4-8H,3,9H2,1-2H3. The molecule has 0 bridgehead atoms. The number of fused-ring (bicyclic) bond motifs is 3. The van der Waals surface area contributed by atoms with E-state index >= 15 is 0 Å². The SMILES string of the molecule is CCOC(=O)Cn1c(C)cc(=O)n2c3ccccc3nc12. The highest BCUT2D eigenvalue weighted by molar-refractivity contribution is 5.80. The van der Waals surface area contributed by atoms with Crippen molar-refractivity contribution in [2.75, 3.05) is 6.61 Å². The van der Waals surface area contributed by atoms with Gasteiger partial charge in [0.25, 0.3) is 5.56 Å². The first-order valence-corrected chi connectivity index (χ1v) is 6.75. The molecule has 0 amide bonds. The third-order valence-electron chi connectivity index (χ3n) is 3.36. The van der Waals surface area contributed by atoms with Crippen LogP contribution in [0.25, 0.3) is 16.8 Å². The number of imidazole rings is 1. The first-order chi connectivity index (χ1) is 10.1. The van der Waals surface area contributed by atoms with Gasteiger partial charge in [0.2, 0.25) is 5.78 Å². The van der Waals surface area contributed by atoms with Crippen molar-refractivity contribution in [3.8, 4) is 0 Å². The van der Waals surface area contributed by atoms with E-state index < -0.39 is 0 Å². The van der Waals surface area contributed by atoms with Crippen LogP contribution in [-0.2, 0) is 16.1 Å². The molecule has 0 unspecified atom stereocenters. The Kier molecular flexibility index (Phi) is 3.21. The third kappa shape index (κ3) is 2.18. The Hall–Kier alpha value is -2.63. The fourth-order valence-corrected chi connectivity index (χ4v) is 2.42. The molecule has 0 spiro atoms. The minimum Gasteiger partial charge on any atom is -0.465 e. The van der Waals surface area contributed by atoms with Gasteiger partial charge in [0.05, 0.1) is 17.6 Å². The number of aryl methyl sites for hydroxylation is 1. The van der Waals surface area contributed by atoms with Crippen LogP contribution in [-0.4, -0.2) is 26.5 Å². The molecule has 1 aromatic carbocycles. The minimum atomic E-state index is -0.349. The lowest BCUT2D eigenvalue weighted by Gasteiger charge is -2.11. The Morgan fingerprint density at radius 1 is 1.33 bits per heavy atom. The van der Waals surface area contributed by atoms with Crippen LogP contribution >= 0.6 is 0 Å². The topological polar surface area (TPSA) is 65.6 Å². The molecule has 0 aliphatic carbocycles. The molecule has 3 aromatic rings. The minimum absolute atomic E-state index is 0.0345. The van der Waals surface area contributed by atoms with Crippen LogP contribution in [0.1, 0.15) is 12.6 Å². The Balaban J connectivity index is 2.29. The summed E-state index contributed by atoms with van der Waals surface area (Å²) in [7, 11) is 0. The molecular weight excluding hydrogens is 270 g/mol. The van der Waals surface area contributed by atoms with Gasteiger partial charge < -0.3 is 9.30 Å². The molecule has 0 radical (unpaired) electrons. The summed E-state index contributed by atoms with van der Waals surface area (Å²) in [5, 5.41) is 0. The molecule has 2 heterocycles. The second-order valence-corrected chi connectivity index (χ2v) is 4.75. The Labute approximate surface area is 120 Å². The maximum absolute atomic E-state index is 12.2. The number of carbonyl (C=O) groups excluding carboxylic acids is 1. The van der Waals surface area contributed by atoms with Gasteiger partial charge in [0.15, 0.2) is 0 Å². The molecule has 0 atom stereocenters. The molecule has 0 fully saturated rings. The molecule has 3 rings (SSSR count). The lowest BCUT2D eigenvalue weighted by Crippen LogP contribution is -2.23. The van der Waals surface area contributed by atoms with Gasteiger partial charge in [0, 0.05) is 11.8 Å². The summed E-state index contributed by atoms with van der Waals surface area (Å²) in [5.41, 5.74) is 1.97. The van der Waals surface area contributed by atoms with E-state index in [0.29, 0.717) is 18.1 Å². The summed E-state index contributed by atoms with van der Waals surface area (Å²) >= 11 is 0. The van der Waals surface area contributed by atoms with Crippen molar-refractivity contribution in [2.24, 2.45) is 0 Å². The summed E-state index contributed by atoms with van der Waals surface area (Å²) in [6.45, 7) is 3.90. The van der Waals surface area contributed by atoms with Crippen LogP contribution in [0.4, 0.5) is 0 Å². The van der Waals surface area contributed by atoms with Crippen LogP contribution in [0.3, 0.4) is 0 Å². The highest BCUT2D eigenvalue weighted by atomic mass is 16.5. The Morgan fingerprint density at radius 3 is 2.86 bits per heavy atom. The summed E-state index contributed by atoms with van der Waals surface area (Å²) in [5.74, 6) is 0.104. The van der Waals surface area contributed by atoms with Crippen LogP contribution < -0.4 is 5.56 Å². The van der Waals surface area contributed by atoms with Gasteiger partial charge in [-0.2, -0.15) is 0 Å². The van der Waals surface area contributed by atoms with E-state index in [4.69, 9.17) is 4.74 Å². The van der Waals surface area contributed by atoms with Crippen LogP contribution in [0.2, 0.25) is 0 Å². The highest BCUT2D eigenvalue weighted by Gasteiger charge is 2.14. The van der Waals surface area contributed by atoms with Crippen molar-refractivity contribution in [1.82, 2.24) is 14.0 Å². The van der Waals surface area contributed by atoms with Crippen molar-refractivity contribution < 1.29 is 9.53 Å². The van der Waals surface area contributed by atoms with E-state index in [2.05, 4.69) is 4.98 Å². The van der Waals surface area contributed by atoms with Gasteiger partial charge in [0.1, 0.15) is 6.54 Å². The molecule has 0 aliphatic heterocycles. The van der Waals surface area contributed by atoms with Crippen molar-refractivity contribution >= 4 is 22.8 Å². The van der Waals surface area contributed by atoms with Gasteiger partial charge in [-0.05, 0) is 26.0 Å². The number of aromatic nitrogens is 3.